The number of ether oxygens (including phenoxy) is 1. The van der Waals surface area contributed by atoms with Crippen LogP contribution >= 0.6 is 0 Å². The van der Waals surface area contributed by atoms with Gasteiger partial charge in [0.2, 0.25) is 0 Å². The predicted octanol–water partition coefficient (Wildman–Crippen LogP) is 4.38. The molecule has 2 aromatic heterocycles. The minimum atomic E-state index is -0.442. The molecular weight excluding hydrogens is 385 g/mol. The van der Waals surface area contributed by atoms with Crippen molar-refractivity contribution in [3.63, 3.8) is 0 Å². The zero-order chi connectivity index (χ0) is 20.8. The molecule has 4 rings (SSSR count). The fourth-order valence-corrected chi connectivity index (χ4v) is 2.83. The first-order chi connectivity index (χ1) is 14.7. The summed E-state index contributed by atoms with van der Waals surface area (Å²) in [5.41, 5.74) is 2.02. The number of aromatic nitrogens is 2. The first-order valence-corrected chi connectivity index (χ1v) is 9.30. The number of pyridine rings is 1. The van der Waals surface area contributed by atoms with Crippen molar-refractivity contribution in [1.82, 2.24) is 15.5 Å². The SMILES string of the molecule is O=C(NCc1cccc(OCc2ccccn2)c1)c1cc(-c2ccccc2F)on1. The van der Waals surface area contributed by atoms with Gasteiger partial charge in [-0.25, -0.2) is 4.39 Å². The summed E-state index contributed by atoms with van der Waals surface area (Å²) in [6.07, 6.45) is 1.71. The van der Waals surface area contributed by atoms with Crippen LogP contribution in [-0.2, 0) is 13.2 Å². The lowest BCUT2D eigenvalue weighted by molar-refractivity contribution is 0.0942. The Labute approximate surface area is 172 Å². The molecule has 0 saturated heterocycles. The number of hydrogen-bond acceptors (Lipinski definition) is 5. The van der Waals surface area contributed by atoms with E-state index in [9.17, 15) is 9.18 Å². The number of nitrogens with zero attached hydrogens (tertiary/aromatic N) is 2. The highest BCUT2D eigenvalue weighted by molar-refractivity contribution is 5.93. The lowest BCUT2D eigenvalue weighted by atomic mass is 10.1. The maximum atomic E-state index is 13.9. The van der Waals surface area contributed by atoms with Gasteiger partial charge in [-0.15, -0.1) is 0 Å². The van der Waals surface area contributed by atoms with Crippen LogP contribution in [-0.4, -0.2) is 16.0 Å². The smallest absolute Gasteiger partial charge is 0.273 e. The van der Waals surface area contributed by atoms with Crippen molar-refractivity contribution in [1.29, 1.82) is 0 Å². The Bertz CT molecular complexity index is 1150. The van der Waals surface area contributed by atoms with Crippen molar-refractivity contribution in [3.05, 3.63) is 102 Å². The number of carbonyl (C=O) groups is 1. The third-order valence-corrected chi connectivity index (χ3v) is 4.35. The second-order valence-corrected chi connectivity index (χ2v) is 6.50. The van der Waals surface area contributed by atoms with Gasteiger partial charge in [-0.2, -0.15) is 0 Å². The molecule has 150 valence electrons. The van der Waals surface area contributed by atoms with Gasteiger partial charge in [0.25, 0.3) is 5.91 Å². The normalized spacial score (nSPS) is 10.6. The number of nitrogens with one attached hydrogen (secondary N) is 1. The van der Waals surface area contributed by atoms with Crippen LogP contribution in [0.15, 0.2) is 83.5 Å². The van der Waals surface area contributed by atoms with E-state index >= 15 is 0 Å². The highest BCUT2D eigenvalue weighted by Gasteiger charge is 2.15. The fraction of sp³-hybridized carbons (Fsp3) is 0.0870. The Morgan fingerprint density at radius 2 is 1.90 bits per heavy atom. The third kappa shape index (κ3) is 4.70. The molecule has 0 radical (unpaired) electrons. The number of rotatable bonds is 7. The number of halogens is 1. The van der Waals surface area contributed by atoms with Gasteiger partial charge >= 0.3 is 0 Å². The van der Waals surface area contributed by atoms with E-state index in [2.05, 4.69) is 15.5 Å². The van der Waals surface area contributed by atoms with Crippen molar-refractivity contribution < 1.29 is 18.4 Å². The summed E-state index contributed by atoms with van der Waals surface area (Å²) < 4.78 is 24.7. The summed E-state index contributed by atoms with van der Waals surface area (Å²) in [5, 5.41) is 6.51. The van der Waals surface area contributed by atoms with E-state index in [1.54, 1.807) is 24.4 Å². The summed E-state index contributed by atoms with van der Waals surface area (Å²) in [6.45, 7) is 0.635. The van der Waals surface area contributed by atoms with E-state index in [4.69, 9.17) is 9.26 Å². The van der Waals surface area contributed by atoms with Crippen molar-refractivity contribution in [3.8, 4) is 17.1 Å². The van der Waals surface area contributed by atoms with Gasteiger partial charge in [0, 0.05) is 18.8 Å². The molecule has 0 aliphatic heterocycles. The van der Waals surface area contributed by atoms with Gasteiger partial charge in [-0.3, -0.25) is 9.78 Å². The summed E-state index contributed by atoms with van der Waals surface area (Å²) >= 11 is 0. The number of amides is 1. The number of carbonyl (C=O) groups excluding carboxylic acids is 1. The summed E-state index contributed by atoms with van der Waals surface area (Å²) in [5.74, 6) is 0.0168. The van der Waals surface area contributed by atoms with Crippen LogP contribution in [0.25, 0.3) is 11.3 Å². The standard InChI is InChI=1S/C23H18FN3O3/c24-20-10-2-1-9-19(20)22-13-21(27-30-22)23(28)26-14-16-6-5-8-18(12-16)29-15-17-7-3-4-11-25-17/h1-13H,14-15H2,(H,26,28). The second-order valence-electron chi connectivity index (χ2n) is 6.50. The van der Waals surface area contributed by atoms with Crippen LogP contribution in [0.2, 0.25) is 0 Å². The van der Waals surface area contributed by atoms with E-state index in [0.717, 1.165) is 11.3 Å². The number of benzene rings is 2. The molecule has 0 saturated carbocycles. The lowest BCUT2D eigenvalue weighted by Gasteiger charge is -2.08. The van der Waals surface area contributed by atoms with Gasteiger partial charge < -0.3 is 14.6 Å². The van der Waals surface area contributed by atoms with Crippen molar-refractivity contribution >= 4 is 5.91 Å². The topological polar surface area (TPSA) is 77.2 Å². The fourth-order valence-electron chi connectivity index (χ4n) is 2.83. The molecule has 4 aromatic rings. The molecule has 0 spiro atoms. The highest BCUT2D eigenvalue weighted by Crippen LogP contribution is 2.23. The zero-order valence-electron chi connectivity index (χ0n) is 15.9. The maximum Gasteiger partial charge on any atom is 0.273 e. The average molecular weight is 403 g/mol. The Kier molecular flexibility index (Phi) is 5.80. The zero-order valence-corrected chi connectivity index (χ0v) is 15.9. The van der Waals surface area contributed by atoms with Crippen molar-refractivity contribution in [2.24, 2.45) is 0 Å². The first-order valence-electron chi connectivity index (χ1n) is 9.30. The summed E-state index contributed by atoms with van der Waals surface area (Å²) in [4.78, 5) is 16.6. The van der Waals surface area contributed by atoms with Crippen LogP contribution in [0.1, 0.15) is 21.7 Å². The van der Waals surface area contributed by atoms with Crippen LogP contribution < -0.4 is 10.1 Å². The largest absolute Gasteiger partial charge is 0.487 e. The Morgan fingerprint density at radius 3 is 2.73 bits per heavy atom. The molecule has 2 heterocycles. The molecule has 1 N–H and O–H groups in total. The highest BCUT2D eigenvalue weighted by atomic mass is 19.1. The first kappa shape index (κ1) is 19.3. The van der Waals surface area contributed by atoms with E-state index in [1.165, 1.54) is 12.1 Å². The van der Waals surface area contributed by atoms with Gasteiger partial charge in [0.05, 0.1) is 11.3 Å². The number of hydrogen-bond donors (Lipinski definition) is 1. The quantitative estimate of drug-likeness (QED) is 0.495. The van der Waals surface area contributed by atoms with Crippen LogP contribution in [0.5, 0.6) is 5.75 Å². The average Bonchev–Trinajstić information content (AvgIpc) is 3.27. The van der Waals surface area contributed by atoms with Crippen molar-refractivity contribution in [2.45, 2.75) is 13.2 Å². The molecule has 0 unspecified atom stereocenters. The summed E-state index contributed by atoms with van der Waals surface area (Å²) in [6, 6.07) is 20.6. The van der Waals surface area contributed by atoms with Gasteiger partial charge in [0.1, 0.15) is 18.2 Å². The van der Waals surface area contributed by atoms with E-state index in [-0.39, 0.29) is 23.6 Å². The summed E-state index contributed by atoms with van der Waals surface area (Å²) in [7, 11) is 0. The maximum absolute atomic E-state index is 13.9. The van der Waals surface area contributed by atoms with E-state index in [0.29, 0.717) is 12.4 Å². The molecule has 0 aliphatic carbocycles. The Hall–Kier alpha value is -4.00. The second kappa shape index (κ2) is 9.00. The molecule has 2 aromatic carbocycles. The monoisotopic (exact) mass is 403 g/mol. The molecule has 0 atom stereocenters. The molecule has 0 fully saturated rings. The van der Waals surface area contributed by atoms with Gasteiger partial charge in [-0.05, 0) is 42.0 Å². The lowest BCUT2D eigenvalue weighted by Crippen LogP contribution is -2.23. The minimum absolute atomic E-state index is 0.0795. The van der Waals surface area contributed by atoms with Gasteiger partial charge in [0.15, 0.2) is 11.5 Å². The molecule has 0 aliphatic rings. The van der Waals surface area contributed by atoms with Crippen LogP contribution in [0, 0.1) is 5.82 Å². The molecule has 30 heavy (non-hydrogen) atoms. The molecular formula is C23H18FN3O3. The van der Waals surface area contributed by atoms with Crippen molar-refractivity contribution in [2.75, 3.05) is 0 Å². The Morgan fingerprint density at radius 1 is 1.03 bits per heavy atom. The predicted molar refractivity (Wildman–Crippen MR) is 108 cm³/mol. The van der Waals surface area contributed by atoms with Gasteiger partial charge in [-0.1, -0.05) is 35.5 Å². The minimum Gasteiger partial charge on any atom is -0.487 e. The third-order valence-electron chi connectivity index (χ3n) is 4.35. The van der Waals surface area contributed by atoms with Crippen LogP contribution in [0.3, 0.4) is 0 Å². The molecule has 7 heteroatoms. The molecule has 0 bridgehead atoms. The molecule has 6 nitrogen and oxygen atoms in total. The Balaban J connectivity index is 1.36. The van der Waals surface area contributed by atoms with E-state index in [1.807, 2.05) is 42.5 Å². The van der Waals surface area contributed by atoms with E-state index < -0.39 is 11.7 Å². The van der Waals surface area contributed by atoms with Crippen LogP contribution in [0.4, 0.5) is 4.39 Å². The molecule has 1 amide bonds.